The fourth-order valence-corrected chi connectivity index (χ4v) is 4.27. The van der Waals surface area contributed by atoms with E-state index in [1.807, 2.05) is 4.90 Å². The van der Waals surface area contributed by atoms with Crippen LogP contribution in [0.25, 0.3) is 0 Å². The molecule has 0 saturated carbocycles. The van der Waals surface area contributed by atoms with E-state index in [2.05, 4.69) is 4.90 Å². The zero-order valence-electron chi connectivity index (χ0n) is 14.6. The number of hydrogen-bond acceptors (Lipinski definition) is 4. The first-order valence-corrected chi connectivity index (χ1v) is 10.3. The van der Waals surface area contributed by atoms with E-state index >= 15 is 0 Å². The van der Waals surface area contributed by atoms with Gasteiger partial charge >= 0.3 is 6.03 Å². The third-order valence-corrected chi connectivity index (χ3v) is 6.04. The third-order valence-electron chi connectivity index (χ3n) is 4.77. The summed E-state index contributed by atoms with van der Waals surface area (Å²) in [5.74, 6) is 0. The average Bonchev–Trinajstić information content (AvgIpc) is 2.98. The van der Waals surface area contributed by atoms with Crippen LogP contribution in [0.4, 0.5) is 4.79 Å². The number of carbonyl (C=O) groups is 1. The number of rotatable bonds is 5. The van der Waals surface area contributed by atoms with Crippen molar-refractivity contribution in [2.75, 3.05) is 59.6 Å². The fraction of sp³-hybridized carbons (Fsp3) is 0.933. The lowest BCUT2D eigenvalue weighted by Crippen LogP contribution is -2.50. The first-order valence-electron chi connectivity index (χ1n) is 8.44. The van der Waals surface area contributed by atoms with Gasteiger partial charge in [0.15, 0.2) is 0 Å². The summed E-state index contributed by atoms with van der Waals surface area (Å²) in [5.41, 5.74) is 0. The molecule has 0 aliphatic carbocycles. The number of likely N-dealkylation sites (tertiary alicyclic amines) is 1. The summed E-state index contributed by atoms with van der Waals surface area (Å²) in [6, 6.07) is -0.0493. The summed E-state index contributed by atoms with van der Waals surface area (Å²) in [6.07, 6.45) is 5.70. The van der Waals surface area contributed by atoms with Crippen LogP contribution in [-0.4, -0.2) is 99.1 Å². The molecule has 0 N–H and O–H groups in total. The van der Waals surface area contributed by atoms with Gasteiger partial charge in [-0.3, -0.25) is 0 Å². The monoisotopic (exact) mass is 346 g/mol. The van der Waals surface area contributed by atoms with Crippen LogP contribution in [0.2, 0.25) is 0 Å². The number of amides is 2. The van der Waals surface area contributed by atoms with Crippen molar-refractivity contribution in [3.05, 3.63) is 0 Å². The van der Waals surface area contributed by atoms with Crippen molar-refractivity contribution in [1.29, 1.82) is 0 Å². The van der Waals surface area contributed by atoms with Crippen LogP contribution in [0.5, 0.6) is 0 Å². The van der Waals surface area contributed by atoms with Crippen LogP contribution in [-0.2, 0) is 10.0 Å². The Kier molecular flexibility index (Phi) is 6.27. The van der Waals surface area contributed by atoms with Gasteiger partial charge < -0.3 is 14.7 Å². The molecule has 2 aliphatic heterocycles. The average molecular weight is 346 g/mol. The summed E-state index contributed by atoms with van der Waals surface area (Å²) < 4.78 is 24.9. The molecule has 1 unspecified atom stereocenters. The first kappa shape index (κ1) is 18.5. The van der Waals surface area contributed by atoms with Gasteiger partial charge in [-0.2, -0.15) is 0 Å². The van der Waals surface area contributed by atoms with Crippen LogP contribution in [0, 0.1) is 0 Å². The third kappa shape index (κ3) is 5.06. The number of nitrogens with zero attached hydrogens (tertiary/aromatic N) is 4. The lowest BCUT2D eigenvalue weighted by atomic mass is 10.1. The molecule has 134 valence electrons. The second-order valence-electron chi connectivity index (χ2n) is 6.84. The minimum atomic E-state index is -3.18. The molecule has 2 fully saturated rings. The largest absolute Gasteiger partial charge is 0.331 e. The predicted molar refractivity (Wildman–Crippen MR) is 90.9 cm³/mol. The Balaban J connectivity index is 1.98. The molecule has 2 amide bonds. The Bertz CT molecular complexity index is 503. The first-order chi connectivity index (χ1) is 10.8. The predicted octanol–water partition coefficient (Wildman–Crippen LogP) is 0.490. The van der Waals surface area contributed by atoms with Crippen molar-refractivity contribution in [2.24, 2.45) is 0 Å². The molecule has 8 heteroatoms. The van der Waals surface area contributed by atoms with Crippen molar-refractivity contribution < 1.29 is 13.2 Å². The van der Waals surface area contributed by atoms with Gasteiger partial charge in [-0.05, 0) is 32.4 Å². The molecular weight excluding hydrogens is 316 g/mol. The van der Waals surface area contributed by atoms with Crippen molar-refractivity contribution in [3.63, 3.8) is 0 Å². The van der Waals surface area contributed by atoms with Gasteiger partial charge in [-0.15, -0.1) is 0 Å². The lowest BCUT2D eigenvalue weighted by Gasteiger charge is -2.34. The van der Waals surface area contributed by atoms with Crippen molar-refractivity contribution >= 4 is 16.1 Å². The number of carbonyl (C=O) groups excluding carboxylic acids is 1. The minimum Gasteiger partial charge on any atom is -0.331 e. The van der Waals surface area contributed by atoms with Gasteiger partial charge in [0.2, 0.25) is 10.0 Å². The second-order valence-corrected chi connectivity index (χ2v) is 8.82. The maximum absolute atomic E-state index is 12.5. The van der Waals surface area contributed by atoms with E-state index in [9.17, 15) is 13.2 Å². The molecule has 0 radical (unpaired) electrons. The molecule has 23 heavy (non-hydrogen) atoms. The highest BCUT2D eigenvalue weighted by atomic mass is 32.2. The van der Waals surface area contributed by atoms with Gasteiger partial charge in [0, 0.05) is 46.3 Å². The normalized spacial score (nSPS) is 23.9. The van der Waals surface area contributed by atoms with Gasteiger partial charge in [-0.1, -0.05) is 6.42 Å². The van der Waals surface area contributed by atoms with Gasteiger partial charge in [-0.25, -0.2) is 17.5 Å². The summed E-state index contributed by atoms with van der Waals surface area (Å²) in [4.78, 5) is 18.4. The van der Waals surface area contributed by atoms with Gasteiger partial charge in [0.05, 0.1) is 6.26 Å². The van der Waals surface area contributed by atoms with Gasteiger partial charge in [0.1, 0.15) is 0 Å². The molecule has 0 spiro atoms. The van der Waals surface area contributed by atoms with E-state index in [1.165, 1.54) is 29.8 Å². The maximum atomic E-state index is 12.5. The van der Waals surface area contributed by atoms with E-state index in [0.717, 1.165) is 19.6 Å². The van der Waals surface area contributed by atoms with Crippen LogP contribution in [0.15, 0.2) is 0 Å². The van der Waals surface area contributed by atoms with E-state index in [4.69, 9.17) is 0 Å². The molecule has 0 bridgehead atoms. The topological polar surface area (TPSA) is 64.2 Å². The standard InChI is InChI=1S/C15H30N4O3S/c1-16(2)15(20)19(12-11-17-8-5-4-6-9-17)14-7-10-18(13-14)23(3,21)22/h14H,4-13H2,1-3H3. The zero-order chi connectivity index (χ0) is 17.0. The van der Waals surface area contributed by atoms with Crippen molar-refractivity contribution in [2.45, 2.75) is 31.7 Å². The molecule has 2 heterocycles. The second kappa shape index (κ2) is 7.81. The van der Waals surface area contributed by atoms with E-state index in [1.54, 1.807) is 19.0 Å². The van der Waals surface area contributed by atoms with Crippen LogP contribution in [0.1, 0.15) is 25.7 Å². The van der Waals surface area contributed by atoms with Gasteiger partial charge in [0.25, 0.3) is 0 Å². The molecule has 2 aliphatic rings. The number of piperidine rings is 1. The Morgan fingerprint density at radius 2 is 1.78 bits per heavy atom. The Morgan fingerprint density at radius 3 is 2.30 bits per heavy atom. The van der Waals surface area contributed by atoms with Crippen LogP contribution >= 0.6 is 0 Å². The lowest BCUT2D eigenvalue weighted by molar-refractivity contribution is 0.134. The molecule has 0 aromatic rings. The summed E-state index contributed by atoms with van der Waals surface area (Å²) in [6.45, 7) is 4.66. The quantitative estimate of drug-likeness (QED) is 0.727. The minimum absolute atomic E-state index is 0.0237. The summed E-state index contributed by atoms with van der Waals surface area (Å²) in [7, 11) is 0.320. The van der Waals surface area contributed by atoms with Crippen molar-refractivity contribution in [3.8, 4) is 0 Å². The number of urea groups is 1. The Morgan fingerprint density at radius 1 is 1.13 bits per heavy atom. The Labute approximate surface area is 140 Å². The van der Waals surface area contributed by atoms with Crippen LogP contribution in [0.3, 0.4) is 0 Å². The molecule has 0 aromatic carbocycles. The van der Waals surface area contributed by atoms with Crippen molar-refractivity contribution in [1.82, 2.24) is 19.0 Å². The SMILES string of the molecule is CN(C)C(=O)N(CCN1CCCCC1)C1CCN(S(C)(=O)=O)C1. The molecule has 2 rings (SSSR count). The molecule has 7 nitrogen and oxygen atoms in total. The molecule has 2 saturated heterocycles. The van der Waals surface area contributed by atoms with Crippen LogP contribution < -0.4 is 0 Å². The maximum Gasteiger partial charge on any atom is 0.319 e. The highest BCUT2D eigenvalue weighted by Crippen LogP contribution is 2.19. The Hall–Kier alpha value is -0.860. The summed E-state index contributed by atoms with van der Waals surface area (Å²) >= 11 is 0. The number of hydrogen-bond donors (Lipinski definition) is 0. The molecule has 0 aromatic heterocycles. The molecular formula is C15H30N4O3S. The highest BCUT2D eigenvalue weighted by molar-refractivity contribution is 7.88. The highest BCUT2D eigenvalue weighted by Gasteiger charge is 2.35. The summed E-state index contributed by atoms with van der Waals surface area (Å²) in [5, 5.41) is 0. The number of sulfonamides is 1. The van der Waals surface area contributed by atoms with E-state index < -0.39 is 10.0 Å². The van der Waals surface area contributed by atoms with E-state index in [-0.39, 0.29) is 12.1 Å². The molecule has 1 atom stereocenters. The smallest absolute Gasteiger partial charge is 0.319 e. The fourth-order valence-electron chi connectivity index (χ4n) is 3.39. The zero-order valence-corrected chi connectivity index (χ0v) is 15.4. The van der Waals surface area contributed by atoms with E-state index in [0.29, 0.717) is 26.1 Å².